The van der Waals surface area contributed by atoms with Crippen LogP contribution in [0.15, 0.2) is 0 Å². The zero-order valence-electron chi connectivity index (χ0n) is 15.0. The predicted molar refractivity (Wildman–Crippen MR) is 89.5 cm³/mol. The molecule has 3 atom stereocenters. The Kier molecular flexibility index (Phi) is 6.39. The van der Waals surface area contributed by atoms with Crippen LogP contribution in [-0.2, 0) is 14.5 Å². The van der Waals surface area contributed by atoms with Crippen molar-refractivity contribution in [2.45, 2.75) is 51.1 Å². The second-order valence-corrected chi connectivity index (χ2v) is 7.68. The van der Waals surface area contributed by atoms with Crippen LogP contribution in [0.5, 0.6) is 0 Å². The molecule has 0 bridgehead atoms. The number of nitrogens with two attached hydrogens (primary N) is 1. The predicted octanol–water partition coefficient (Wildman–Crippen LogP) is -0.304. The van der Waals surface area contributed by atoms with Gasteiger partial charge in [-0.3, -0.25) is 15.0 Å². The number of hydrogen-bond acceptors (Lipinski definition) is 8. The maximum atomic E-state index is 12.7. The van der Waals surface area contributed by atoms with Crippen LogP contribution in [-0.4, -0.2) is 65.0 Å². The van der Waals surface area contributed by atoms with Crippen LogP contribution in [0, 0.1) is 11.3 Å². The summed E-state index contributed by atoms with van der Waals surface area (Å²) in [4.78, 5) is 30.8. The molecule has 144 valence electrons. The van der Waals surface area contributed by atoms with Crippen molar-refractivity contribution in [3.05, 3.63) is 0 Å². The molecule has 0 spiro atoms. The minimum atomic E-state index is -1.13. The van der Waals surface area contributed by atoms with Crippen molar-refractivity contribution in [3.63, 3.8) is 0 Å². The molecule has 0 aromatic carbocycles. The largest absolute Gasteiger partial charge is 0.364 e. The van der Waals surface area contributed by atoms with E-state index in [1.54, 1.807) is 4.90 Å². The van der Waals surface area contributed by atoms with E-state index in [1.165, 1.54) is 0 Å². The average molecular weight is 358 g/mol. The summed E-state index contributed by atoms with van der Waals surface area (Å²) in [7, 11) is 0. The van der Waals surface area contributed by atoms with Gasteiger partial charge in [-0.05, 0) is 38.1 Å². The topological polar surface area (TPSA) is 137 Å². The third kappa shape index (κ3) is 3.65. The summed E-state index contributed by atoms with van der Waals surface area (Å²) in [5.41, 5.74) is 6.48. The maximum Gasteiger partial charge on any atom is 0.364 e. The van der Waals surface area contributed by atoms with Crippen molar-refractivity contribution >= 4 is 11.9 Å². The van der Waals surface area contributed by atoms with Crippen molar-refractivity contribution < 1.29 is 24.9 Å². The molecule has 2 aliphatic heterocycles. The standard InChI is InChI=1S/C16H30N4O5/c1-11(2)8-12(17)13(21)20-9-15(4-3-6-19-23)5-7-18-16(15,10-20)14(22)25-24/h11-12,18-19,23-24H,3-10,17H2,1-2H3/t12-,15+,16+/m0/s1. The van der Waals surface area contributed by atoms with Crippen molar-refractivity contribution in [3.8, 4) is 0 Å². The van der Waals surface area contributed by atoms with Crippen LogP contribution in [0.1, 0.15) is 39.5 Å². The van der Waals surface area contributed by atoms with Crippen LogP contribution in [0.25, 0.3) is 0 Å². The lowest BCUT2D eigenvalue weighted by Gasteiger charge is -2.35. The molecule has 2 aliphatic rings. The van der Waals surface area contributed by atoms with Gasteiger partial charge in [0.2, 0.25) is 5.91 Å². The van der Waals surface area contributed by atoms with E-state index in [-0.39, 0.29) is 12.5 Å². The van der Waals surface area contributed by atoms with Crippen LogP contribution in [0.4, 0.5) is 0 Å². The highest BCUT2D eigenvalue weighted by Gasteiger charge is 2.66. The molecule has 0 radical (unpaired) electrons. The molecule has 0 aromatic rings. The Labute approximate surface area is 147 Å². The molecule has 0 saturated carbocycles. The molecule has 9 heteroatoms. The quantitative estimate of drug-likeness (QED) is 0.226. The summed E-state index contributed by atoms with van der Waals surface area (Å²) in [6.07, 6.45) is 2.48. The van der Waals surface area contributed by atoms with E-state index in [0.29, 0.717) is 51.2 Å². The van der Waals surface area contributed by atoms with E-state index < -0.39 is 23.0 Å². The Morgan fingerprint density at radius 1 is 1.40 bits per heavy atom. The van der Waals surface area contributed by atoms with E-state index in [1.807, 2.05) is 13.8 Å². The van der Waals surface area contributed by atoms with E-state index in [4.69, 9.17) is 16.2 Å². The molecule has 2 saturated heterocycles. The Morgan fingerprint density at radius 2 is 2.12 bits per heavy atom. The minimum absolute atomic E-state index is 0.129. The zero-order valence-corrected chi connectivity index (χ0v) is 15.0. The Balaban J connectivity index is 2.23. The average Bonchev–Trinajstić information content (AvgIpc) is 3.06. The summed E-state index contributed by atoms with van der Waals surface area (Å²) >= 11 is 0. The first-order valence-corrected chi connectivity index (χ1v) is 8.84. The number of hydroxylamine groups is 1. The van der Waals surface area contributed by atoms with Crippen molar-refractivity contribution in [2.24, 2.45) is 17.1 Å². The number of likely N-dealkylation sites (tertiary alicyclic amines) is 1. The van der Waals surface area contributed by atoms with Crippen LogP contribution in [0.3, 0.4) is 0 Å². The molecule has 2 fully saturated rings. The van der Waals surface area contributed by atoms with Gasteiger partial charge < -0.3 is 15.8 Å². The van der Waals surface area contributed by atoms with Gasteiger partial charge in [-0.2, -0.15) is 5.26 Å². The molecule has 0 aliphatic carbocycles. The monoisotopic (exact) mass is 358 g/mol. The normalized spacial score (nSPS) is 29.8. The molecule has 0 unspecified atom stereocenters. The van der Waals surface area contributed by atoms with E-state index in [0.717, 1.165) is 0 Å². The van der Waals surface area contributed by atoms with Gasteiger partial charge in [-0.1, -0.05) is 13.8 Å². The van der Waals surface area contributed by atoms with Gasteiger partial charge in [-0.25, -0.2) is 10.3 Å². The first kappa shape index (κ1) is 20.1. The lowest BCUT2D eigenvalue weighted by atomic mass is 9.70. The number of amides is 1. The first-order valence-electron chi connectivity index (χ1n) is 8.84. The van der Waals surface area contributed by atoms with E-state index >= 15 is 0 Å². The number of nitrogens with zero attached hydrogens (tertiary/aromatic N) is 1. The summed E-state index contributed by atoms with van der Waals surface area (Å²) in [5.74, 6) is -0.663. The fourth-order valence-electron chi connectivity index (χ4n) is 4.41. The summed E-state index contributed by atoms with van der Waals surface area (Å²) in [6, 6.07) is -0.614. The molecular weight excluding hydrogens is 328 g/mol. The van der Waals surface area contributed by atoms with E-state index in [2.05, 4.69) is 15.7 Å². The fraction of sp³-hybridized carbons (Fsp3) is 0.875. The molecule has 2 rings (SSSR count). The zero-order chi connectivity index (χ0) is 18.7. The number of fused-ring (bicyclic) bond motifs is 1. The van der Waals surface area contributed by atoms with Gasteiger partial charge in [0.05, 0.1) is 12.6 Å². The summed E-state index contributed by atoms with van der Waals surface area (Å²) in [5, 5.41) is 21.0. The van der Waals surface area contributed by atoms with Crippen LogP contribution in [0.2, 0.25) is 0 Å². The fourth-order valence-corrected chi connectivity index (χ4v) is 4.41. The molecule has 25 heavy (non-hydrogen) atoms. The third-order valence-electron chi connectivity index (χ3n) is 5.59. The third-order valence-corrected chi connectivity index (χ3v) is 5.59. The molecule has 1 amide bonds. The van der Waals surface area contributed by atoms with Gasteiger partial charge >= 0.3 is 5.97 Å². The first-order chi connectivity index (χ1) is 11.8. The van der Waals surface area contributed by atoms with E-state index in [9.17, 15) is 9.59 Å². The number of carbonyl (C=O) groups excluding carboxylic acids is 2. The SMILES string of the molecule is CC(C)C[C@H](N)C(=O)N1C[C@@]2(CCCNO)CCN[C@@]2(C(=O)OO)C1. The van der Waals surface area contributed by atoms with Crippen molar-refractivity contribution in [2.75, 3.05) is 26.2 Å². The van der Waals surface area contributed by atoms with Gasteiger partial charge in [0, 0.05) is 18.5 Å². The number of hydrogen-bond donors (Lipinski definition) is 5. The van der Waals surface area contributed by atoms with Gasteiger partial charge in [0.25, 0.3) is 0 Å². The summed E-state index contributed by atoms with van der Waals surface area (Å²) in [6.45, 7) is 5.49. The highest BCUT2D eigenvalue weighted by molar-refractivity contribution is 5.88. The van der Waals surface area contributed by atoms with Crippen molar-refractivity contribution in [1.29, 1.82) is 0 Å². The number of rotatable bonds is 8. The smallest absolute Gasteiger partial charge is 0.338 e. The maximum absolute atomic E-state index is 12.7. The number of nitrogens with one attached hydrogen (secondary N) is 2. The molecular formula is C16H30N4O5. The lowest BCUT2D eigenvalue weighted by Crippen LogP contribution is -2.59. The highest BCUT2D eigenvalue weighted by Crippen LogP contribution is 2.50. The van der Waals surface area contributed by atoms with Crippen LogP contribution < -0.4 is 16.5 Å². The van der Waals surface area contributed by atoms with Gasteiger partial charge in [-0.15, -0.1) is 0 Å². The summed E-state index contributed by atoms with van der Waals surface area (Å²) < 4.78 is 0. The highest BCUT2D eigenvalue weighted by atomic mass is 17.1. The Morgan fingerprint density at radius 3 is 2.72 bits per heavy atom. The Bertz CT molecular complexity index is 503. The van der Waals surface area contributed by atoms with Crippen LogP contribution >= 0.6 is 0 Å². The van der Waals surface area contributed by atoms with Gasteiger partial charge in [0.15, 0.2) is 0 Å². The van der Waals surface area contributed by atoms with Gasteiger partial charge in [0.1, 0.15) is 5.54 Å². The molecule has 2 heterocycles. The molecule has 0 aromatic heterocycles. The second-order valence-electron chi connectivity index (χ2n) is 7.68. The molecule has 6 N–H and O–H groups in total. The minimum Gasteiger partial charge on any atom is -0.338 e. The number of carbonyl (C=O) groups is 2. The lowest BCUT2D eigenvalue weighted by molar-refractivity contribution is -0.243. The Hall–Kier alpha value is -1.26. The molecule has 9 nitrogen and oxygen atoms in total. The van der Waals surface area contributed by atoms with Crippen molar-refractivity contribution in [1.82, 2.24) is 15.7 Å². The second kappa shape index (κ2) is 7.96.